The molecule has 0 saturated carbocycles. The summed E-state index contributed by atoms with van der Waals surface area (Å²) in [6, 6.07) is 12.7. The lowest BCUT2D eigenvalue weighted by molar-refractivity contribution is -0.385. The van der Waals surface area contributed by atoms with Gasteiger partial charge in [0.2, 0.25) is 0 Å². The zero-order valence-corrected chi connectivity index (χ0v) is 13.0. The van der Waals surface area contributed by atoms with Crippen molar-refractivity contribution in [3.8, 4) is 5.75 Å². The number of anilines is 1. The topological polar surface area (TPSA) is 64.4 Å². The van der Waals surface area contributed by atoms with Gasteiger partial charge in [0, 0.05) is 21.9 Å². The average molecular weight is 384 g/mol. The SMILES string of the molecule is COc1cc(CNc2ccc(I)cc2)cc([N+](=O)[O-])c1. The molecule has 20 heavy (non-hydrogen) atoms. The Labute approximate surface area is 130 Å². The van der Waals surface area contributed by atoms with E-state index in [9.17, 15) is 10.1 Å². The minimum atomic E-state index is -0.420. The Bertz CT molecular complexity index is 614. The Hall–Kier alpha value is -1.83. The molecule has 0 aliphatic carbocycles. The van der Waals surface area contributed by atoms with E-state index in [4.69, 9.17) is 4.74 Å². The summed E-state index contributed by atoms with van der Waals surface area (Å²) < 4.78 is 6.24. The predicted molar refractivity (Wildman–Crippen MR) is 86.1 cm³/mol. The van der Waals surface area contributed by atoms with Crippen LogP contribution in [0.4, 0.5) is 11.4 Å². The number of nitrogens with one attached hydrogen (secondary N) is 1. The number of nitrogens with zero attached hydrogens (tertiary/aromatic N) is 1. The molecule has 0 saturated heterocycles. The quantitative estimate of drug-likeness (QED) is 0.484. The Morgan fingerprint density at radius 2 is 1.95 bits per heavy atom. The maximum Gasteiger partial charge on any atom is 0.273 e. The molecule has 0 aliphatic rings. The van der Waals surface area contributed by atoms with Crippen LogP contribution in [-0.2, 0) is 6.54 Å². The monoisotopic (exact) mass is 384 g/mol. The van der Waals surface area contributed by atoms with Crippen molar-refractivity contribution in [1.29, 1.82) is 0 Å². The largest absolute Gasteiger partial charge is 0.496 e. The van der Waals surface area contributed by atoms with E-state index in [0.717, 1.165) is 14.8 Å². The van der Waals surface area contributed by atoms with Gasteiger partial charge < -0.3 is 10.1 Å². The second-order valence-electron chi connectivity index (χ2n) is 4.16. The molecule has 0 heterocycles. The van der Waals surface area contributed by atoms with Crippen molar-refractivity contribution in [2.45, 2.75) is 6.54 Å². The second-order valence-corrected chi connectivity index (χ2v) is 5.40. The highest BCUT2D eigenvalue weighted by Crippen LogP contribution is 2.23. The van der Waals surface area contributed by atoms with E-state index >= 15 is 0 Å². The highest BCUT2D eigenvalue weighted by Gasteiger charge is 2.10. The van der Waals surface area contributed by atoms with E-state index in [2.05, 4.69) is 27.9 Å². The summed E-state index contributed by atoms with van der Waals surface area (Å²) in [7, 11) is 1.50. The third kappa shape index (κ3) is 3.83. The number of nitro groups is 1. The lowest BCUT2D eigenvalue weighted by atomic mass is 10.2. The predicted octanol–water partition coefficient (Wildman–Crippen LogP) is 3.82. The van der Waals surface area contributed by atoms with Crippen LogP contribution in [-0.4, -0.2) is 12.0 Å². The van der Waals surface area contributed by atoms with Gasteiger partial charge in [-0.1, -0.05) is 0 Å². The lowest BCUT2D eigenvalue weighted by Gasteiger charge is -2.08. The molecule has 0 amide bonds. The Morgan fingerprint density at radius 3 is 2.55 bits per heavy atom. The molecule has 0 aromatic heterocycles. The number of halogens is 1. The van der Waals surface area contributed by atoms with Gasteiger partial charge >= 0.3 is 0 Å². The molecule has 0 spiro atoms. The Balaban J connectivity index is 2.14. The molecule has 0 aliphatic heterocycles. The Morgan fingerprint density at radius 1 is 1.25 bits per heavy atom. The van der Waals surface area contributed by atoms with Gasteiger partial charge in [-0.05, 0) is 58.5 Å². The van der Waals surface area contributed by atoms with E-state index in [1.807, 2.05) is 24.3 Å². The van der Waals surface area contributed by atoms with Crippen LogP contribution in [0.3, 0.4) is 0 Å². The summed E-state index contributed by atoms with van der Waals surface area (Å²) in [5, 5.41) is 14.1. The normalized spacial score (nSPS) is 10.1. The molecule has 5 nitrogen and oxygen atoms in total. The molecular formula is C14H13IN2O3. The van der Waals surface area contributed by atoms with Crippen molar-refractivity contribution >= 4 is 34.0 Å². The zero-order chi connectivity index (χ0) is 14.5. The molecule has 0 unspecified atom stereocenters. The fraction of sp³-hybridized carbons (Fsp3) is 0.143. The summed E-state index contributed by atoms with van der Waals surface area (Å²) in [4.78, 5) is 10.4. The van der Waals surface area contributed by atoms with Gasteiger partial charge in [0.15, 0.2) is 0 Å². The first-order valence-corrected chi connectivity index (χ1v) is 6.98. The van der Waals surface area contributed by atoms with E-state index in [1.54, 1.807) is 12.1 Å². The highest BCUT2D eigenvalue weighted by molar-refractivity contribution is 14.1. The van der Waals surface area contributed by atoms with E-state index in [1.165, 1.54) is 13.2 Å². The molecular weight excluding hydrogens is 371 g/mol. The number of nitro benzene ring substituents is 1. The first-order valence-electron chi connectivity index (χ1n) is 5.90. The van der Waals surface area contributed by atoms with Crippen LogP contribution in [0, 0.1) is 13.7 Å². The van der Waals surface area contributed by atoms with Crippen molar-refractivity contribution in [2.24, 2.45) is 0 Å². The lowest BCUT2D eigenvalue weighted by Crippen LogP contribution is -2.01. The molecule has 1 N–H and O–H groups in total. The van der Waals surface area contributed by atoms with Gasteiger partial charge in [0.1, 0.15) is 5.75 Å². The molecule has 104 valence electrons. The van der Waals surface area contributed by atoms with Crippen LogP contribution in [0.5, 0.6) is 5.75 Å². The number of non-ortho nitro benzene ring substituents is 1. The van der Waals surface area contributed by atoms with E-state index < -0.39 is 4.92 Å². The number of methoxy groups -OCH3 is 1. The summed E-state index contributed by atoms with van der Waals surface area (Å²) in [6.07, 6.45) is 0. The van der Waals surface area contributed by atoms with Crippen molar-refractivity contribution in [1.82, 2.24) is 0 Å². The minimum Gasteiger partial charge on any atom is -0.496 e. The maximum atomic E-state index is 10.9. The third-order valence-corrected chi connectivity index (χ3v) is 3.46. The average Bonchev–Trinajstić information content (AvgIpc) is 2.46. The number of benzene rings is 2. The van der Waals surface area contributed by atoms with Crippen molar-refractivity contribution in [2.75, 3.05) is 12.4 Å². The van der Waals surface area contributed by atoms with Crippen molar-refractivity contribution in [3.05, 3.63) is 61.7 Å². The molecule has 2 aromatic carbocycles. The molecule has 2 aromatic rings. The summed E-state index contributed by atoms with van der Waals surface area (Å²) in [6.45, 7) is 0.499. The Kier molecular flexibility index (Phi) is 4.78. The minimum absolute atomic E-state index is 0.0313. The molecule has 0 bridgehead atoms. The van der Waals surface area contributed by atoms with Crippen LogP contribution in [0.25, 0.3) is 0 Å². The number of rotatable bonds is 5. The van der Waals surface area contributed by atoms with Crippen LogP contribution < -0.4 is 10.1 Å². The molecule has 6 heteroatoms. The fourth-order valence-electron chi connectivity index (χ4n) is 1.74. The number of ether oxygens (including phenoxy) is 1. The maximum absolute atomic E-state index is 10.9. The summed E-state index contributed by atoms with van der Waals surface area (Å²) in [5.41, 5.74) is 1.80. The highest BCUT2D eigenvalue weighted by atomic mass is 127. The fourth-order valence-corrected chi connectivity index (χ4v) is 2.10. The zero-order valence-electron chi connectivity index (χ0n) is 10.8. The third-order valence-electron chi connectivity index (χ3n) is 2.74. The summed E-state index contributed by atoms with van der Waals surface area (Å²) >= 11 is 2.24. The first kappa shape index (κ1) is 14.6. The summed E-state index contributed by atoms with van der Waals surface area (Å²) in [5.74, 6) is 0.485. The van der Waals surface area contributed by atoms with Crippen LogP contribution >= 0.6 is 22.6 Å². The van der Waals surface area contributed by atoms with Crippen LogP contribution in [0.2, 0.25) is 0 Å². The van der Waals surface area contributed by atoms with Gasteiger partial charge in [-0.3, -0.25) is 10.1 Å². The van der Waals surface area contributed by atoms with Crippen molar-refractivity contribution in [3.63, 3.8) is 0 Å². The molecule has 0 fully saturated rings. The van der Waals surface area contributed by atoms with Gasteiger partial charge in [0.05, 0.1) is 18.1 Å². The van der Waals surface area contributed by atoms with Crippen LogP contribution in [0.1, 0.15) is 5.56 Å². The first-order chi connectivity index (χ1) is 9.58. The second kappa shape index (κ2) is 6.56. The van der Waals surface area contributed by atoms with Gasteiger partial charge in [-0.2, -0.15) is 0 Å². The standard InChI is InChI=1S/C14H13IN2O3/c1-20-14-7-10(6-13(8-14)17(18)19)9-16-12-4-2-11(15)3-5-12/h2-8,16H,9H2,1H3. The van der Waals surface area contributed by atoms with E-state index in [-0.39, 0.29) is 5.69 Å². The van der Waals surface area contributed by atoms with Crippen molar-refractivity contribution < 1.29 is 9.66 Å². The smallest absolute Gasteiger partial charge is 0.273 e. The van der Waals surface area contributed by atoms with Gasteiger partial charge in [-0.25, -0.2) is 0 Å². The van der Waals surface area contributed by atoms with E-state index in [0.29, 0.717) is 12.3 Å². The number of hydrogen-bond donors (Lipinski definition) is 1. The molecule has 2 rings (SSSR count). The molecule has 0 atom stereocenters. The van der Waals surface area contributed by atoms with Gasteiger partial charge in [-0.15, -0.1) is 0 Å². The van der Waals surface area contributed by atoms with Gasteiger partial charge in [0.25, 0.3) is 5.69 Å². The molecule has 0 radical (unpaired) electrons. The number of hydrogen-bond acceptors (Lipinski definition) is 4. The van der Waals surface area contributed by atoms with Crippen LogP contribution in [0.15, 0.2) is 42.5 Å².